The summed E-state index contributed by atoms with van der Waals surface area (Å²) in [5.41, 5.74) is 7.42. The smallest absolute Gasteiger partial charge is 0.165 e. The van der Waals surface area contributed by atoms with E-state index in [1.165, 1.54) is 30.7 Å². The molecule has 3 rings (SSSR count). The number of nitrogens with two attached hydrogens (primary N) is 1. The Balaban J connectivity index is 1.96. The number of methoxy groups -OCH3 is 1. The van der Waals surface area contributed by atoms with Crippen LogP contribution in [0.2, 0.25) is 0 Å². The number of benzene rings is 2. The molecule has 1 atom stereocenters. The van der Waals surface area contributed by atoms with E-state index >= 15 is 0 Å². The van der Waals surface area contributed by atoms with Gasteiger partial charge in [-0.1, -0.05) is 24.3 Å². The zero-order chi connectivity index (χ0) is 14.8. The number of nitrogens with one attached hydrogen (secondary N) is 1. The average Bonchev–Trinajstić information content (AvgIpc) is 2.96. The van der Waals surface area contributed by atoms with Gasteiger partial charge in [0, 0.05) is 0 Å². The minimum atomic E-state index is -0.378. The van der Waals surface area contributed by atoms with Crippen molar-refractivity contribution < 1.29 is 9.13 Å². The maximum atomic E-state index is 13.9. The molecule has 2 aromatic rings. The highest BCUT2D eigenvalue weighted by Gasteiger charge is 2.18. The summed E-state index contributed by atoms with van der Waals surface area (Å²) in [6, 6.07) is 11.1. The number of hydrogen-bond acceptors (Lipinski definition) is 3. The molecule has 110 valence electrons. The summed E-state index contributed by atoms with van der Waals surface area (Å²) in [7, 11) is 1.46. The molecule has 0 bridgehead atoms. The van der Waals surface area contributed by atoms with Gasteiger partial charge in [0.2, 0.25) is 0 Å². The molecule has 0 radical (unpaired) electrons. The lowest BCUT2D eigenvalue weighted by Gasteiger charge is -2.18. The van der Waals surface area contributed by atoms with Crippen molar-refractivity contribution >= 4 is 0 Å². The van der Waals surface area contributed by atoms with E-state index in [0.29, 0.717) is 0 Å². The van der Waals surface area contributed by atoms with Crippen LogP contribution in [0.15, 0.2) is 36.4 Å². The molecule has 21 heavy (non-hydrogen) atoms. The first-order valence-electron chi connectivity index (χ1n) is 7.14. The minimum absolute atomic E-state index is 0.226. The van der Waals surface area contributed by atoms with Gasteiger partial charge in [-0.2, -0.15) is 0 Å². The molecule has 0 amide bonds. The Morgan fingerprint density at radius 2 is 1.81 bits per heavy atom. The Morgan fingerprint density at radius 1 is 1.10 bits per heavy atom. The van der Waals surface area contributed by atoms with Crippen LogP contribution in [-0.2, 0) is 12.8 Å². The molecule has 0 aliphatic heterocycles. The van der Waals surface area contributed by atoms with E-state index in [-0.39, 0.29) is 17.6 Å². The molecule has 0 aromatic heterocycles. The van der Waals surface area contributed by atoms with Crippen molar-refractivity contribution in [2.75, 3.05) is 7.11 Å². The van der Waals surface area contributed by atoms with Crippen LogP contribution in [-0.4, -0.2) is 7.11 Å². The van der Waals surface area contributed by atoms with Gasteiger partial charge in [-0.25, -0.2) is 9.82 Å². The lowest BCUT2D eigenvalue weighted by atomic mass is 9.96. The van der Waals surface area contributed by atoms with Gasteiger partial charge in [0.25, 0.3) is 0 Å². The maximum Gasteiger partial charge on any atom is 0.165 e. The van der Waals surface area contributed by atoms with Crippen molar-refractivity contribution in [3.05, 3.63) is 64.5 Å². The summed E-state index contributed by atoms with van der Waals surface area (Å²) in [5, 5.41) is 0. The van der Waals surface area contributed by atoms with Crippen molar-refractivity contribution in [1.82, 2.24) is 5.43 Å². The van der Waals surface area contributed by atoms with Crippen LogP contribution in [0.25, 0.3) is 0 Å². The molecule has 1 unspecified atom stereocenters. The van der Waals surface area contributed by atoms with Gasteiger partial charge in [-0.3, -0.25) is 5.84 Å². The lowest BCUT2D eigenvalue weighted by molar-refractivity contribution is 0.385. The fraction of sp³-hybridized carbons (Fsp3) is 0.294. The van der Waals surface area contributed by atoms with Crippen molar-refractivity contribution in [3.63, 3.8) is 0 Å². The fourth-order valence-corrected chi connectivity index (χ4v) is 3.02. The largest absolute Gasteiger partial charge is 0.494 e. The highest BCUT2D eigenvalue weighted by molar-refractivity contribution is 5.41. The predicted octanol–water partition coefficient (Wildman–Crippen LogP) is 2.88. The van der Waals surface area contributed by atoms with Gasteiger partial charge in [0.15, 0.2) is 11.6 Å². The number of rotatable bonds is 4. The summed E-state index contributed by atoms with van der Waals surface area (Å²) < 4.78 is 18.8. The zero-order valence-electron chi connectivity index (χ0n) is 12.0. The third kappa shape index (κ3) is 2.64. The maximum absolute atomic E-state index is 13.9. The molecule has 0 fully saturated rings. The van der Waals surface area contributed by atoms with Gasteiger partial charge in [-0.05, 0) is 53.6 Å². The second-order valence-electron chi connectivity index (χ2n) is 5.38. The molecule has 1 aliphatic rings. The first-order chi connectivity index (χ1) is 10.2. The van der Waals surface area contributed by atoms with Crippen LogP contribution in [0, 0.1) is 5.82 Å². The van der Waals surface area contributed by atoms with Crippen LogP contribution in [0.3, 0.4) is 0 Å². The Hall–Kier alpha value is -1.91. The number of ether oxygens (including phenoxy) is 1. The Bertz CT molecular complexity index is 657. The third-order valence-corrected chi connectivity index (χ3v) is 4.13. The summed E-state index contributed by atoms with van der Waals surface area (Å²) in [6.07, 6.45) is 3.46. The topological polar surface area (TPSA) is 47.3 Å². The SMILES string of the molecule is COc1ccc(C(NN)c2ccc3c(c2)CCC3)cc1F. The fourth-order valence-electron chi connectivity index (χ4n) is 3.02. The molecule has 1 aliphatic carbocycles. The number of hydrazine groups is 1. The van der Waals surface area contributed by atoms with E-state index < -0.39 is 0 Å². The highest BCUT2D eigenvalue weighted by atomic mass is 19.1. The van der Waals surface area contributed by atoms with E-state index in [1.54, 1.807) is 6.07 Å². The Morgan fingerprint density at radius 3 is 2.52 bits per heavy atom. The highest BCUT2D eigenvalue weighted by Crippen LogP contribution is 2.29. The molecule has 2 aromatic carbocycles. The van der Waals surface area contributed by atoms with Crippen LogP contribution in [0.5, 0.6) is 5.75 Å². The number of hydrogen-bond donors (Lipinski definition) is 2. The van der Waals surface area contributed by atoms with E-state index in [2.05, 4.69) is 23.6 Å². The van der Waals surface area contributed by atoms with Crippen molar-refractivity contribution in [2.45, 2.75) is 25.3 Å². The lowest BCUT2D eigenvalue weighted by Crippen LogP contribution is -2.29. The molecule has 0 saturated carbocycles. The molecule has 3 N–H and O–H groups in total. The summed E-state index contributed by atoms with van der Waals surface area (Å²) in [6.45, 7) is 0. The molecule has 0 saturated heterocycles. The van der Waals surface area contributed by atoms with Gasteiger partial charge in [0.1, 0.15) is 0 Å². The Kier molecular flexibility index (Phi) is 3.90. The second-order valence-corrected chi connectivity index (χ2v) is 5.38. The third-order valence-electron chi connectivity index (χ3n) is 4.13. The first kappa shape index (κ1) is 14.0. The zero-order valence-corrected chi connectivity index (χ0v) is 12.0. The van der Waals surface area contributed by atoms with E-state index in [0.717, 1.165) is 24.0 Å². The number of aryl methyl sites for hydroxylation is 2. The quantitative estimate of drug-likeness (QED) is 0.671. The van der Waals surface area contributed by atoms with Crippen LogP contribution >= 0.6 is 0 Å². The Labute approximate surface area is 123 Å². The average molecular weight is 286 g/mol. The van der Waals surface area contributed by atoms with Crippen molar-refractivity contribution in [3.8, 4) is 5.75 Å². The van der Waals surface area contributed by atoms with E-state index in [4.69, 9.17) is 10.6 Å². The normalized spacial score (nSPS) is 14.8. The van der Waals surface area contributed by atoms with Crippen LogP contribution in [0.4, 0.5) is 4.39 Å². The molecular formula is C17H19FN2O. The van der Waals surface area contributed by atoms with Crippen molar-refractivity contribution in [1.29, 1.82) is 0 Å². The standard InChI is InChI=1S/C17H19FN2O/c1-21-16-8-7-14(10-15(16)18)17(20-19)13-6-5-11-3-2-4-12(11)9-13/h5-10,17,20H,2-4,19H2,1H3. The monoisotopic (exact) mass is 286 g/mol. The summed E-state index contributed by atoms with van der Waals surface area (Å²) >= 11 is 0. The van der Waals surface area contributed by atoms with Crippen molar-refractivity contribution in [2.24, 2.45) is 5.84 Å². The molecule has 0 spiro atoms. The van der Waals surface area contributed by atoms with E-state index in [9.17, 15) is 4.39 Å². The molecule has 3 nitrogen and oxygen atoms in total. The molecule has 0 heterocycles. The van der Waals surface area contributed by atoms with Crippen LogP contribution < -0.4 is 16.0 Å². The predicted molar refractivity (Wildman–Crippen MR) is 80.6 cm³/mol. The second kappa shape index (κ2) is 5.84. The van der Waals surface area contributed by atoms with Gasteiger partial charge in [0.05, 0.1) is 13.2 Å². The summed E-state index contributed by atoms with van der Waals surface area (Å²) in [4.78, 5) is 0. The number of halogens is 1. The molecule has 4 heteroatoms. The first-order valence-corrected chi connectivity index (χ1v) is 7.14. The van der Waals surface area contributed by atoms with E-state index in [1.807, 2.05) is 6.07 Å². The summed E-state index contributed by atoms with van der Waals surface area (Å²) in [5.74, 6) is 5.56. The van der Waals surface area contributed by atoms with Gasteiger partial charge in [-0.15, -0.1) is 0 Å². The van der Waals surface area contributed by atoms with Gasteiger partial charge >= 0.3 is 0 Å². The molecular weight excluding hydrogens is 267 g/mol. The minimum Gasteiger partial charge on any atom is -0.494 e. The van der Waals surface area contributed by atoms with Gasteiger partial charge < -0.3 is 4.74 Å². The van der Waals surface area contributed by atoms with Crippen LogP contribution in [0.1, 0.15) is 34.7 Å². The number of fused-ring (bicyclic) bond motifs is 1.